The van der Waals surface area contributed by atoms with Crippen molar-refractivity contribution in [2.45, 2.75) is 50.9 Å². The third-order valence-electron chi connectivity index (χ3n) is 7.17. The zero-order valence-electron chi connectivity index (χ0n) is 20.5. The van der Waals surface area contributed by atoms with Crippen LogP contribution in [0.4, 0.5) is 4.79 Å². The van der Waals surface area contributed by atoms with Crippen LogP contribution in [0.1, 0.15) is 42.9 Å². The maximum atomic E-state index is 12.0. The Morgan fingerprint density at radius 3 is 2.22 bits per heavy atom. The average molecular weight is 484 g/mol. The lowest BCUT2D eigenvalue weighted by molar-refractivity contribution is 0.0834. The first-order valence-corrected chi connectivity index (χ1v) is 12.8. The van der Waals surface area contributed by atoms with Crippen LogP contribution < -0.4 is 0 Å². The molecule has 0 saturated carbocycles. The molecule has 1 aliphatic heterocycles. The Morgan fingerprint density at radius 1 is 0.917 bits per heavy atom. The number of fused-ring (bicyclic) bond motifs is 1. The number of carboxylic acid groups (broad SMARTS) is 1. The summed E-state index contributed by atoms with van der Waals surface area (Å²) >= 11 is 0. The highest BCUT2D eigenvalue weighted by molar-refractivity contribution is 5.74. The predicted molar refractivity (Wildman–Crippen MR) is 141 cm³/mol. The first-order valence-electron chi connectivity index (χ1n) is 12.8. The second-order valence-corrected chi connectivity index (χ2v) is 9.65. The third-order valence-corrected chi connectivity index (χ3v) is 7.17. The van der Waals surface area contributed by atoms with Crippen molar-refractivity contribution in [2.24, 2.45) is 0 Å². The van der Waals surface area contributed by atoms with E-state index in [0.717, 1.165) is 56.4 Å². The molecule has 0 spiro atoms. The quantitative estimate of drug-likeness (QED) is 0.336. The van der Waals surface area contributed by atoms with Crippen molar-refractivity contribution in [2.75, 3.05) is 13.1 Å². The molecule has 1 fully saturated rings. The van der Waals surface area contributed by atoms with E-state index >= 15 is 0 Å². The lowest BCUT2D eigenvalue weighted by atomic mass is 9.94. The van der Waals surface area contributed by atoms with Crippen LogP contribution in [-0.4, -0.2) is 55.1 Å². The molecule has 2 heterocycles. The van der Waals surface area contributed by atoms with E-state index in [-0.39, 0.29) is 12.1 Å². The molecule has 1 unspecified atom stereocenters. The summed E-state index contributed by atoms with van der Waals surface area (Å²) in [6, 6.07) is 29.2. The number of para-hydroxylation sites is 1. The van der Waals surface area contributed by atoms with Crippen molar-refractivity contribution in [1.29, 1.82) is 0 Å². The van der Waals surface area contributed by atoms with Crippen molar-refractivity contribution in [3.05, 3.63) is 96.1 Å². The highest BCUT2D eigenvalue weighted by atomic mass is 16.4. The van der Waals surface area contributed by atoms with E-state index in [1.165, 1.54) is 11.1 Å². The molecule has 4 aromatic rings. The topological polar surface area (TPSA) is 74.5 Å². The van der Waals surface area contributed by atoms with Gasteiger partial charge in [0.1, 0.15) is 5.52 Å². The van der Waals surface area contributed by atoms with E-state index in [9.17, 15) is 9.90 Å². The van der Waals surface area contributed by atoms with Gasteiger partial charge in [-0.2, -0.15) is 0 Å². The lowest BCUT2D eigenvalue weighted by Gasteiger charge is -2.38. The highest BCUT2D eigenvalue weighted by Crippen LogP contribution is 2.31. The van der Waals surface area contributed by atoms with Crippen molar-refractivity contribution in [3.8, 4) is 0 Å². The molecule has 0 bridgehead atoms. The fraction of sp³-hybridized carbons (Fsp3) is 0.345. The van der Waals surface area contributed by atoms with Gasteiger partial charge in [0.15, 0.2) is 0 Å². The highest BCUT2D eigenvalue weighted by Gasteiger charge is 2.33. The monoisotopic (exact) mass is 483 g/mol. The second-order valence-electron chi connectivity index (χ2n) is 9.65. The van der Waals surface area contributed by atoms with Gasteiger partial charge in [-0.3, -0.25) is 4.90 Å². The zero-order valence-corrected chi connectivity index (χ0v) is 20.5. The maximum Gasteiger partial charge on any atom is 0.407 e. The van der Waals surface area contributed by atoms with Gasteiger partial charge in [-0.05, 0) is 55.5 Å². The molecule has 1 aliphatic rings. The fourth-order valence-electron chi connectivity index (χ4n) is 5.38. The van der Waals surface area contributed by atoms with Gasteiger partial charge in [0.05, 0.1) is 11.6 Å². The lowest BCUT2D eigenvalue weighted by Crippen LogP contribution is -2.46. The Labute approximate surface area is 212 Å². The minimum absolute atomic E-state index is 0.0282. The molecule has 1 N–H and O–H groups in total. The van der Waals surface area contributed by atoms with Crippen molar-refractivity contribution < 1.29 is 9.90 Å². The van der Waals surface area contributed by atoms with Gasteiger partial charge in [0.2, 0.25) is 0 Å². The number of rotatable bonds is 9. The summed E-state index contributed by atoms with van der Waals surface area (Å²) in [5.41, 5.74) is 4.47. The number of carbonyl (C=O) groups is 1. The van der Waals surface area contributed by atoms with E-state index in [1.54, 1.807) is 4.90 Å². The molecule has 1 amide bonds. The molecule has 0 radical (unpaired) electrons. The average Bonchev–Trinajstić information content (AvgIpc) is 3.34. The Morgan fingerprint density at radius 2 is 1.56 bits per heavy atom. The molecule has 186 valence electrons. The molecule has 2 atom stereocenters. The van der Waals surface area contributed by atoms with E-state index in [1.807, 2.05) is 41.1 Å². The van der Waals surface area contributed by atoms with Gasteiger partial charge in [-0.25, -0.2) is 9.48 Å². The Hall–Kier alpha value is -3.71. The van der Waals surface area contributed by atoms with Crippen LogP contribution in [0.2, 0.25) is 0 Å². The van der Waals surface area contributed by atoms with Crippen LogP contribution >= 0.6 is 0 Å². The van der Waals surface area contributed by atoms with Crippen molar-refractivity contribution >= 4 is 17.1 Å². The number of hydrogen-bond acceptors (Lipinski definition) is 4. The van der Waals surface area contributed by atoms with E-state index in [2.05, 4.69) is 63.7 Å². The first kappa shape index (κ1) is 24.0. The van der Waals surface area contributed by atoms with Crippen molar-refractivity contribution in [1.82, 2.24) is 24.8 Å². The number of benzene rings is 3. The van der Waals surface area contributed by atoms with Crippen LogP contribution in [-0.2, 0) is 13.1 Å². The molecular formula is C29H33N5O2. The number of nitrogens with zero attached hydrogens (tertiary/aromatic N) is 5. The van der Waals surface area contributed by atoms with Gasteiger partial charge >= 0.3 is 6.09 Å². The van der Waals surface area contributed by atoms with Crippen LogP contribution in [0.5, 0.6) is 0 Å². The number of hydrogen-bond donors (Lipinski definition) is 1. The van der Waals surface area contributed by atoms with Crippen LogP contribution in [0.25, 0.3) is 11.0 Å². The van der Waals surface area contributed by atoms with Gasteiger partial charge in [-0.1, -0.05) is 78.0 Å². The predicted octanol–water partition coefficient (Wildman–Crippen LogP) is 5.60. The van der Waals surface area contributed by atoms with Crippen LogP contribution in [0, 0.1) is 0 Å². The Kier molecular flexibility index (Phi) is 7.57. The largest absolute Gasteiger partial charge is 0.465 e. The molecule has 5 rings (SSSR count). The minimum atomic E-state index is -0.827. The molecular weight excluding hydrogens is 450 g/mol. The number of amides is 1. The Balaban J connectivity index is 1.26. The smallest absolute Gasteiger partial charge is 0.407 e. The SMILES string of the molecule is O=C(O)N1CC[C@H](n2nnc3ccccc32)CC1CCCN(Cc1ccccc1)Cc1ccccc1. The molecule has 0 aliphatic carbocycles. The number of likely N-dealkylation sites (tertiary alicyclic amines) is 1. The zero-order chi connectivity index (χ0) is 24.7. The second kappa shape index (κ2) is 11.4. The van der Waals surface area contributed by atoms with Gasteiger partial charge in [0.25, 0.3) is 0 Å². The summed E-state index contributed by atoms with van der Waals surface area (Å²) in [4.78, 5) is 16.1. The fourth-order valence-corrected chi connectivity index (χ4v) is 5.38. The van der Waals surface area contributed by atoms with Crippen LogP contribution in [0.15, 0.2) is 84.9 Å². The summed E-state index contributed by atoms with van der Waals surface area (Å²) in [6.45, 7) is 3.18. The third kappa shape index (κ3) is 5.74. The normalized spacial score (nSPS) is 18.1. The summed E-state index contributed by atoms with van der Waals surface area (Å²) in [5, 5.41) is 18.6. The van der Waals surface area contributed by atoms with E-state index in [0.29, 0.717) is 6.54 Å². The van der Waals surface area contributed by atoms with Gasteiger partial charge in [0, 0.05) is 25.7 Å². The molecule has 7 heteroatoms. The molecule has 3 aromatic carbocycles. The summed E-state index contributed by atoms with van der Waals surface area (Å²) in [7, 11) is 0. The van der Waals surface area contributed by atoms with E-state index < -0.39 is 6.09 Å². The first-order chi connectivity index (χ1) is 17.7. The maximum absolute atomic E-state index is 12.0. The Bertz CT molecular complexity index is 1220. The molecule has 7 nitrogen and oxygen atoms in total. The van der Waals surface area contributed by atoms with Gasteiger partial charge < -0.3 is 10.0 Å². The summed E-state index contributed by atoms with van der Waals surface area (Å²) in [6.07, 6.45) is 2.45. The molecule has 36 heavy (non-hydrogen) atoms. The standard InChI is InChI=1S/C29H33N5O2/c35-29(36)33-19-17-26(34-28-16-8-7-15-27(28)30-31-34)20-25(33)14-9-18-32(21-23-10-3-1-4-11-23)22-24-12-5-2-6-13-24/h1-8,10-13,15-16,25-26H,9,14,17-22H2,(H,35,36)/t25?,26-/m0/s1. The summed E-state index contributed by atoms with van der Waals surface area (Å²) in [5.74, 6) is 0. The van der Waals surface area contributed by atoms with Crippen molar-refractivity contribution in [3.63, 3.8) is 0 Å². The summed E-state index contributed by atoms with van der Waals surface area (Å²) < 4.78 is 2.00. The minimum Gasteiger partial charge on any atom is -0.465 e. The number of piperidine rings is 1. The van der Waals surface area contributed by atoms with Gasteiger partial charge in [-0.15, -0.1) is 5.10 Å². The number of aromatic nitrogens is 3. The molecule has 1 aromatic heterocycles. The molecule has 1 saturated heterocycles. The van der Waals surface area contributed by atoms with Crippen LogP contribution in [0.3, 0.4) is 0 Å². The van der Waals surface area contributed by atoms with E-state index in [4.69, 9.17) is 0 Å².